The number of piperidine rings is 1. The van der Waals surface area contributed by atoms with Crippen molar-refractivity contribution in [3.05, 3.63) is 11.3 Å². The van der Waals surface area contributed by atoms with Gasteiger partial charge in [0, 0.05) is 18.3 Å². The highest BCUT2D eigenvalue weighted by molar-refractivity contribution is 5.94. The number of hydrogen-bond donors (Lipinski definition) is 2. The number of nitrogens with one attached hydrogen (secondary N) is 2. The fourth-order valence-electron chi connectivity index (χ4n) is 3.00. The molecule has 2 aliphatic heterocycles. The number of urea groups is 1. The summed E-state index contributed by atoms with van der Waals surface area (Å²) in [5, 5.41) is 5.51. The number of ether oxygens (including phenoxy) is 1. The van der Waals surface area contributed by atoms with E-state index in [9.17, 15) is 9.59 Å². The minimum atomic E-state index is -0.350. The third-order valence-corrected chi connectivity index (χ3v) is 4.17. The van der Waals surface area contributed by atoms with Crippen molar-refractivity contribution in [1.29, 1.82) is 0 Å². The molecule has 0 aliphatic carbocycles. The number of nitrogens with zero attached hydrogens (tertiary/aromatic N) is 1. The summed E-state index contributed by atoms with van der Waals surface area (Å²) >= 11 is 0. The van der Waals surface area contributed by atoms with Crippen LogP contribution >= 0.6 is 0 Å². The molecule has 0 radical (unpaired) electrons. The maximum Gasteiger partial charge on any atom is 0.337 e. The van der Waals surface area contributed by atoms with Gasteiger partial charge in [-0.25, -0.2) is 9.59 Å². The number of carbonyl (C=O) groups is 2. The molecular formula is C15H25N3O3. The van der Waals surface area contributed by atoms with Gasteiger partial charge >= 0.3 is 12.0 Å². The number of carbonyl (C=O) groups excluding carboxylic acids is 2. The smallest absolute Gasteiger partial charge is 0.337 e. The SMILES string of the molecule is CCOC(=O)C1=C(CN2CCCC[C@H]2C)NC(=O)N[C@H]1C. The second-order valence-corrected chi connectivity index (χ2v) is 5.75. The van der Waals surface area contributed by atoms with Gasteiger partial charge in [0.1, 0.15) is 0 Å². The molecule has 2 aliphatic rings. The first-order valence-corrected chi connectivity index (χ1v) is 7.74. The van der Waals surface area contributed by atoms with E-state index in [0.29, 0.717) is 30.5 Å². The van der Waals surface area contributed by atoms with E-state index < -0.39 is 0 Å². The van der Waals surface area contributed by atoms with E-state index in [1.54, 1.807) is 6.92 Å². The lowest BCUT2D eigenvalue weighted by molar-refractivity contribution is -0.139. The highest BCUT2D eigenvalue weighted by atomic mass is 16.5. The van der Waals surface area contributed by atoms with Gasteiger partial charge in [-0.2, -0.15) is 0 Å². The van der Waals surface area contributed by atoms with Gasteiger partial charge in [-0.05, 0) is 40.2 Å². The van der Waals surface area contributed by atoms with Crippen molar-refractivity contribution in [2.75, 3.05) is 19.7 Å². The summed E-state index contributed by atoms with van der Waals surface area (Å²) in [4.78, 5) is 26.2. The Labute approximate surface area is 125 Å². The Hall–Kier alpha value is -1.56. The normalized spacial score (nSPS) is 27.1. The Morgan fingerprint density at radius 2 is 2.14 bits per heavy atom. The number of amides is 2. The molecule has 0 aromatic rings. The summed E-state index contributed by atoms with van der Waals surface area (Å²) in [7, 11) is 0. The van der Waals surface area contributed by atoms with Gasteiger partial charge in [0.25, 0.3) is 0 Å². The summed E-state index contributed by atoms with van der Waals surface area (Å²) in [6.45, 7) is 7.70. The van der Waals surface area contributed by atoms with Crippen LogP contribution in [0.4, 0.5) is 4.79 Å². The van der Waals surface area contributed by atoms with E-state index in [0.717, 1.165) is 19.4 Å². The topological polar surface area (TPSA) is 70.7 Å². The van der Waals surface area contributed by atoms with E-state index >= 15 is 0 Å². The van der Waals surface area contributed by atoms with Crippen LogP contribution in [0.2, 0.25) is 0 Å². The Balaban J connectivity index is 2.21. The summed E-state index contributed by atoms with van der Waals surface area (Å²) in [6.07, 6.45) is 3.56. The lowest BCUT2D eigenvalue weighted by Crippen LogP contribution is -2.52. The van der Waals surface area contributed by atoms with Crippen molar-refractivity contribution in [2.45, 2.75) is 52.1 Å². The molecule has 1 saturated heterocycles. The molecule has 0 saturated carbocycles. The van der Waals surface area contributed by atoms with Gasteiger partial charge in [0.15, 0.2) is 0 Å². The van der Waals surface area contributed by atoms with Gasteiger partial charge in [-0.15, -0.1) is 0 Å². The molecule has 2 rings (SSSR count). The number of esters is 1. The monoisotopic (exact) mass is 295 g/mol. The predicted octanol–water partition coefficient (Wildman–Crippen LogP) is 1.38. The van der Waals surface area contributed by atoms with Crippen LogP contribution in [0.3, 0.4) is 0 Å². The van der Waals surface area contributed by atoms with Crippen LogP contribution in [-0.2, 0) is 9.53 Å². The van der Waals surface area contributed by atoms with Gasteiger partial charge in [-0.3, -0.25) is 4.90 Å². The number of rotatable bonds is 4. The quantitative estimate of drug-likeness (QED) is 0.769. The molecule has 1 fully saturated rings. The molecule has 0 aromatic heterocycles. The molecular weight excluding hydrogens is 270 g/mol. The largest absolute Gasteiger partial charge is 0.463 e. The molecule has 2 amide bonds. The van der Waals surface area contributed by atoms with Crippen LogP contribution in [-0.4, -0.2) is 48.7 Å². The van der Waals surface area contributed by atoms with Gasteiger partial charge in [-0.1, -0.05) is 6.42 Å². The maximum absolute atomic E-state index is 12.2. The van der Waals surface area contributed by atoms with Gasteiger partial charge in [0.05, 0.1) is 18.2 Å². The first-order valence-electron chi connectivity index (χ1n) is 7.74. The number of hydrogen-bond acceptors (Lipinski definition) is 4. The third kappa shape index (κ3) is 3.75. The minimum absolute atomic E-state index is 0.254. The molecule has 2 N–H and O–H groups in total. The molecule has 2 atom stereocenters. The molecule has 0 aromatic carbocycles. The molecule has 118 valence electrons. The zero-order chi connectivity index (χ0) is 15.4. The second-order valence-electron chi connectivity index (χ2n) is 5.75. The van der Waals surface area contributed by atoms with Crippen LogP contribution in [0, 0.1) is 0 Å². The molecule has 21 heavy (non-hydrogen) atoms. The Morgan fingerprint density at radius 1 is 1.38 bits per heavy atom. The standard InChI is InChI=1S/C15H25N3O3/c1-4-21-14(19)13-11(3)16-15(20)17-12(13)9-18-8-6-5-7-10(18)2/h10-11H,4-9H2,1-3H3,(H2,16,17,20)/t10-,11+/m1/s1. The van der Waals surface area contributed by atoms with Crippen molar-refractivity contribution in [3.8, 4) is 0 Å². The molecule has 0 unspecified atom stereocenters. The molecule has 6 heteroatoms. The second kappa shape index (κ2) is 6.93. The van der Waals surface area contributed by atoms with Crippen LogP contribution < -0.4 is 10.6 Å². The Kier molecular flexibility index (Phi) is 5.22. The Bertz CT molecular complexity index is 447. The first kappa shape index (κ1) is 15.8. The molecule has 2 heterocycles. The van der Waals surface area contributed by atoms with Crippen molar-refractivity contribution >= 4 is 12.0 Å². The fourth-order valence-corrected chi connectivity index (χ4v) is 3.00. The Morgan fingerprint density at radius 3 is 2.81 bits per heavy atom. The first-order chi connectivity index (χ1) is 10.0. The van der Waals surface area contributed by atoms with Crippen LogP contribution in [0.25, 0.3) is 0 Å². The van der Waals surface area contributed by atoms with Crippen molar-refractivity contribution < 1.29 is 14.3 Å². The zero-order valence-corrected chi connectivity index (χ0v) is 13.1. The average molecular weight is 295 g/mol. The van der Waals surface area contributed by atoms with Crippen LogP contribution in [0.1, 0.15) is 40.0 Å². The highest BCUT2D eigenvalue weighted by Crippen LogP contribution is 2.20. The van der Waals surface area contributed by atoms with E-state index in [-0.39, 0.29) is 18.0 Å². The summed E-state index contributed by atoms with van der Waals surface area (Å²) in [6, 6.07) is -0.111. The summed E-state index contributed by atoms with van der Waals surface area (Å²) in [5.74, 6) is -0.350. The van der Waals surface area contributed by atoms with E-state index in [2.05, 4.69) is 22.5 Å². The predicted molar refractivity (Wildman–Crippen MR) is 79.7 cm³/mol. The van der Waals surface area contributed by atoms with Crippen molar-refractivity contribution in [3.63, 3.8) is 0 Å². The lowest BCUT2D eigenvalue weighted by atomic mass is 10.0. The van der Waals surface area contributed by atoms with Crippen molar-refractivity contribution in [2.24, 2.45) is 0 Å². The van der Waals surface area contributed by atoms with Crippen LogP contribution in [0.5, 0.6) is 0 Å². The average Bonchev–Trinajstić information content (AvgIpc) is 2.41. The van der Waals surface area contributed by atoms with Gasteiger partial charge < -0.3 is 15.4 Å². The maximum atomic E-state index is 12.2. The van der Waals surface area contributed by atoms with E-state index in [1.807, 2.05) is 6.92 Å². The van der Waals surface area contributed by atoms with E-state index in [1.165, 1.54) is 6.42 Å². The van der Waals surface area contributed by atoms with E-state index in [4.69, 9.17) is 4.74 Å². The zero-order valence-electron chi connectivity index (χ0n) is 13.1. The summed E-state index contributed by atoms with van der Waals surface area (Å²) < 4.78 is 5.13. The fraction of sp³-hybridized carbons (Fsp3) is 0.733. The summed E-state index contributed by atoms with van der Waals surface area (Å²) in [5.41, 5.74) is 1.22. The minimum Gasteiger partial charge on any atom is -0.463 e. The third-order valence-electron chi connectivity index (χ3n) is 4.17. The number of likely N-dealkylation sites (tertiary alicyclic amines) is 1. The lowest BCUT2D eigenvalue weighted by Gasteiger charge is -2.36. The van der Waals surface area contributed by atoms with Crippen molar-refractivity contribution in [1.82, 2.24) is 15.5 Å². The van der Waals surface area contributed by atoms with Gasteiger partial charge in [0.2, 0.25) is 0 Å². The highest BCUT2D eigenvalue weighted by Gasteiger charge is 2.31. The molecule has 6 nitrogen and oxygen atoms in total. The van der Waals surface area contributed by atoms with Crippen LogP contribution in [0.15, 0.2) is 11.3 Å². The molecule has 0 spiro atoms. The molecule has 0 bridgehead atoms.